The molecule has 227 valence electrons. The van der Waals surface area contributed by atoms with Crippen LogP contribution in [0.25, 0.3) is 0 Å². The number of ketones is 3. The molecule has 0 fully saturated rings. The molecule has 0 aromatic carbocycles. The van der Waals surface area contributed by atoms with Gasteiger partial charge in [-0.3, -0.25) is 28.8 Å². The summed E-state index contributed by atoms with van der Waals surface area (Å²) in [7, 11) is 4.26. The molecule has 0 saturated heterocycles. The van der Waals surface area contributed by atoms with Gasteiger partial charge in [0.05, 0.1) is 19.8 Å². The zero-order valence-corrected chi connectivity index (χ0v) is 24.4. The number of allylic oxidation sites excluding steroid dienone is 3. The first-order valence-corrected chi connectivity index (χ1v) is 11.3. The number of carbonyl (C=O) groups excluding carboxylic acids is 6. The second-order valence-electron chi connectivity index (χ2n) is 7.77. The molecule has 0 aromatic rings. The predicted octanol–water partition coefficient (Wildman–Crippen LogP) is -1.60. The Kier molecular flexibility index (Phi) is 26.6. The zero-order valence-electron chi connectivity index (χ0n) is 23.3. The molecule has 40 heavy (non-hydrogen) atoms. The molecule has 0 saturated carbocycles. The van der Waals surface area contributed by atoms with Crippen molar-refractivity contribution in [1.29, 1.82) is 0 Å². The first-order chi connectivity index (χ1) is 18.0. The average Bonchev–Trinajstić information content (AvgIpc) is 2.82. The van der Waals surface area contributed by atoms with E-state index in [1.807, 2.05) is 0 Å². The van der Waals surface area contributed by atoms with Crippen LogP contribution >= 0.6 is 0 Å². The van der Waals surface area contributed by atoms with E-state index in [0.717, 1.165) is 32.9 Å². The van der Waals surface area contributed by atoms with Gasteiger partial charge in [-0.25, -0.2) is 0 Å². The molecule has 0 atom stereocenters. The van der Waals surface area contributed by atoms with Crippen LogP contribution in [0.4, 0.5) is 0 Å². The fourth-order valence-corrected chi connectivity index (χ4v) is 2.10. The summed E-state index contributed by atoms with van der Waals surface area (Å²) in [6.45, 7) is 3.50. The Morgan fingerprint density at radius 1 is 0.500 bits per heavy atom. The maximum absolute atomic E-state index is 11.1. The molecule has 3 amide bonds. The van der Waals surface area contributed by atoms with Crippen LogP contribution in [0.3, 0.4) is 0 Å². The molecule has 0 heterocycles. The van der Waals surface area contributed by atoms with Gasteiger partial charge in [-0.2, -0.15) is 0 Å². The van der Waals surface area contributed by atoms with Gasteiger partial charge in [0.1, 0.15) is 0 Å². The van der Waals surface area contributed by atoms with E-state index in [2.05, 4.69) is 0 Å². The number of aliphatic hydroxyl groups excluding tert-OH is 6. The number of carbonyl (C=O) groups is 6. The van der Waals surface area contributed by atoms with Crippen LogP contribution in [0.2, 0.25) is 0 Å². The van der Waals surface area contributed by atoms with Gasteiger partial charge in [-0.05, 0) is 20.8 Å². The Balaban J connectivity index is -0.000000240. The van der Waals surface area contributed by atoms with E-state index in [-0.39, 0.29) is 56.5 Å². The average molecular weight is 617 g/mol. The summed E-state index contributed by atoms with van der Waals surface area (Å²) in [6.07, 6.45) is 2.53. The van der Waals surface area contributed by atoms with E-state index < -0.39 is 52.3 Å². The summed E-state index contributed by atoms with van der Waals surface area (Å²) in [5, 5.41) is 52.6. The quantitative estimate of drug-likeness (QED) is 0.0826. The Hall–Kier alpha value is -3.56. The Labute approximate surface area is 243 Å². The number of nitrogens with zero attached hydrogens (tertiary/aromatic N) is 3. The molecule has 0 rings (SSSR count). The van der Waals surface area contributed by atoms with Crippen LogP contribution in [0.1, 0.15) is 20.8 Å². The molecule has 0 bridgehead atoms. The number of likely N-dealkylation sites (N-methyl/N-ethyl adjacent to an activating group) is 3. The Morgan fingerprint density at radius 3 is 0.800 bits per heavy atom. The predicted molar refractivity (Wildman–Crippen MR) is 138 cm³/mol. The first kappa shape index (κ1) is 43.5. The smallest absolute Gasteiger partial charge is 0.503 e. The van der Waals surface area contributed by atoms with Crippen molar-refractivity contribution in [3.8, 4) is 0 Å². The summed E-state index contributed by atoms with van der Waals surface area (Å²) in [4.78, 5) is 68.1. The largest absolute Gasteiger partial charge is 3.00 e. The minimum Gasteiger partial charge on any atom is -0.503 e. The Morgan fingerprint density at radius 2 is 0.675 bits per heavy atom. The molecule has 6 N–H and O–H groups in total. The number of hydrogen-bond donors (Lipinski definition) is 6. The minimum atomic E-state index is -0.677. The molecule has 1 radical (unpaired) electrons. The first-order valence-electron chi connectivity index (χ1n) is 11.3. The number of hydrogen-bond acceptors (Lipinski definition) is 12. The van der Waals surface area contributed by atoms with E-state index in [1.165, 1.54) is 41.9 Å². The maximum atomic E-state index is 11.1. The molecular weight excluding hydrogens is 578 g/mol. The van der Waals surface area contributed by atoms with Crippen molar-refractivity contribution in [1.82, 2.24) is 14.7 Å². The summed E-state index contributed by atoms with van der Waals surface area (Å²) in [5.41, 5.74) is 0. The molecule has 0 aliphatic heterocycles. The summed E-state index contributed by atoms with van der Waals surface area (Å²) >= 11 is 0. The van der Waals surface area contributed by atoms with Crippen molar-refractivity contribution in [2.45, 2.75) is 20.8 Å². The molecule has 0 unspecified atom stereocenters. The normalized spacial score (nSPS) is 10.9. The topological polar surface area (TPSA) is 234 Å². The number of amides is 3. The summed E-state index contributed by atoms with van der Waals surface area (Å²) in [6, 6.07) is 0. The molecule has 0 aliphatic carbocycles. The van der Waals surface area contributed by atoms with E-state index in [9.17, 15) is 28.8 Å². The SMILES string of the molecule is CC(=O)/C=C(\O)C(=O)N(C)CCO.CC(=O)/C=C(\O)C(=O)N(C)CCO.CC(=O)/C=C(\O)C(=O)N(C)CCO.[Fe+3]. The van der Waals surface area contributed by atoms with Crippen LogP contribution in [-0.4, -0.2) is 141 Å². The van der Waals surface area contributed by atoms with Crippen molar-refractivity contribution in [2.24, 2.45) is 0 Å². The maximum Gasteiger partial charge on any atom is 3.00 e. The van der Waals surface area contributed by atoms with Gasteiger partial charge in [0, 0.05) is 59.0 Å². The van der Waals surface area contributed by atoms with Crippen LogP contribution < -0.4 is 0 Å². The summed E-state index contributed by atoms with van der Waals surface area (Å²) in [5.74, 6) is -5.05. The second-order valence-corrected chi connectivity index (χ2v) is 7.77. The van der Waals surface area contributed by atoms with Crippen LogP contribution in [0.5, 0.6) is 0 Å². The van der Waals surface area contributed by atoms with Crippen LogP contribution in [-0.2, 0) is 45.8 Å². The molecule has 0 aliphatic rings. The van der Waals surface area contributed by atoms with Crippen molar-refractivity contribution in [3.05, 3.63) is 35.5 Å². The van der Waals surface area contributed by atoms with E-state index >= 15 is 0 Å². The van der Waals surface area contributed by atoms with Crippen molar-refractivity contribution in [3.63, 3.8) is 0 Å². The number of aliphatic hydroxyl groups is 6. The zero-order chi connectivity index (χ0) is 31.3. The van der Waals surface area contributed by atoms with Gasteiger partial charge >= 0.3 is 17.1 Å². The second kappa shape index (κ2) is 24.5. The molecule has 0 spiro atoms. The third-order valence-corrected chi connectivity index (χ3v) is 4.02. The Bertz CT molecular complexity index is 829. The fraction of sp³-hybridized carbons (Fsp3) is 0.500. The van der Waals surface area contributed by atoms with Crippen LogP contribution in [0.15, 0.2) is 35.5 Å². The van der Waals surface area contributed by atoms with Crippen molar-refractivity contribution >= 4 is 35.1 Å². The number of rotatable bonds is 12. The van der Waals surface area contributed by atoms with Gasteiger partial charge in [0.15, 0.2) is 34.6 Å². The third kappa shape index (κ3) is 22.4. The van der Waals surface area contributed by atoms with Crippen molar-refractivity contribution in [2.75, 3.05) is 60.6 Å². The molecule has 0 aromatic heterocycles. The van der Waals surface area contributed by atoms with Gasteiger partial charge in [-0.15, -0.1) is 0 Å². The van der Waals surface area contributed by atoms with Gasteiger partial charge in [0.2, 0.25) is 0 Å². The third-order valence-electron chi connectivity index (χ3n) is 4.02. The molecule has 16 heteroatoms. The van der Waals surface area contributed by atoms with Gasteiger partial charge < -0.3 is 45.3 Å². The molecule has 15 nitrogen and oxygen atoms in total. The van der Waals surface area contributed by atoms with E-state index in [4.69, 9.17) is 30.6 Å². The fourth-order valence-electron chi connectivity index (χ4n) is 2.10. The van der Waals surface area contributed by atoms with E-state index in [0.29, 0.717) is 0 Å². The summed E-state index contributed by atoms with van der Waals surface area (Å²) < 4.78 is 0. The van der Waals surface area contributed by atoms with Gasteiger partial charge in [0.25, 0.3) is 17.7 Å². The standard InChI is InChI=1S/3C8H13NO4.Fe/c3*1-6(11)5-7(12)8(13)9(2)3-4-10;/h3*5,10,12H,3-4H2,1-2H3;/q;;;+3/b3*7-5-;. The molecular formula is C24H39FeN3O12+3. The minimum absolute atomic E-state index is 0. The monoisotopic (exact) mass is 617 g/mol. The van der Waals surface area contributed by atoms with Gasteiger partial charge in [-0.1, -0.05) is 0 Å². The van der Waals surface area contributed by atoms with Crippen molar-refractivity contribution < 1.29 is 76.5 Å². The van der Waals surface area contributed by atoms with E-state index in [1.54, 1.807) is 0 Å². The van der Waals surface area contributed by atoms with Crippen LogP contribution in [0, 0.1) is 0 Å².